The fourth-order valence-corrected chi connectivity index (χ4v) is 3.31. The Balaban J connectivity index is 1.58. The molecule has 1 atom stereocenters. The lowest BCUT2D eigenvalue weighted by atomic mass is 10.0. The molecule has 8 nitrogen and oxygen atoms in total. The van der Waals surface area contributed by atoms with E-state index in [9.17, 15) is 10.1 Å². The number of anilines is 1. The van der Waals surface area contributed by atoms with Gasteiger partial charge in [-0.15, -0.1) is 11.3 Å². The number of nitriles is 1. The number of carbonyl (C=O) groups is 1. The van der Waals surface area contributed by atoms with Crippen molar-refractivity contribution in [2.75, 3.05) is 5.32 Å². The van der Waals surface area contributed by atoms with Gasteiger partial charge in [-0.05, 0) is 19.1 Å². The molecule has 0 radical (unpaired) electrons. The minimum absolute atomic E-state index is 0.193. The molecule has 9 heteroatoms. The summed E-state index contributed by atoms with van der Waals surface area (Å²) >= 11 is 1.36. The molecule has 1 N–H and O–H groups in total. The third kappa shape index (κ3) is 3.88. The molecule has 3 aromatic heterocycles. The fraction of sp³-hybridized carbons (Fsp3) is 0.100. The van der Waals surface area contributed by atoms with Gasteiger partial charge in [-0.1, -0.05) is 18.2 Å². The second-order valence-electron chi connectivity index (χ2n) is 6.13. The fourth-order valence-electron chi connectivity index (χ4n) is 2.78. The summed E-state index contributed by atoms with van der Waals surface area (Å²) in [6.45, 7) is 1.77. The van der Waals surface area contributed by atoms with Crippen LogP contribution in [0.3, 0.4) is 0 Å². The second kappa shape index (κ2) is 8.00. The number of hydrogen-bond acceptors (Lipinski definition) is 7. The van der Waals surface area contributed by atoms with Gasteiger partial charge in [0.25, 0.3) is 5.91 Å². The molecule has 0 aliphatic rings. The van der Waals surface area contributed by atoms with Crippen LogP contribution < -0.4 is 5.32 Å². The Bertz CT molecular complexity index is 1190. The van der Waals surface area contributed by atoms with Crippen LogP contribution in [-0.2, 0) is 4.79 Å². The van der Waals surface area contributed by atoms with Crippen LogP contribution in [0.25, 0.3) is 22.5 Å². The van der Waals surface area contributed by atoms with Gasteiger partial charge in [0.2, 0.25) is 0 Å². The van der Waals surface area contributed by atoms with Crippen LogP contribution in [-0.4, -0.2) is 30.6 Å². The van der Waals surface area contributed by atoms with Crippen molar-refractivity contribution < 1.29 is 4.79 Å². The first kappa shape index (κ1) is 18.5. The average molecular weight is 401 g/mol. The molecule has 0 unspecified atom stereocenters. The van der Waals surface area contributed by atoms with Gasteiger partial charge in [0.15, 0.2) is 10.8 Å². The minimum atomic E-state index is -0.499. The maximum absolute atomic E-state index is 12.4. The molecule has 1 aromatic carbocycles. The lowest BCUT2D eigenvalue weighted by Gasteiger charge is -2.11. The first-order valence-electron chi connectivity index (χ1n) is 8.73. The van der Waals surface area contributed by atoms with E-state index in [0.717, 1.165) is 11.1 Å². The standard InChI is InChI=1S/C20H15N7OS/c1-13(19(28)25-20-24-8-10-29-20)27-9-5-16(26-27)14-3-2-4-15(11-14)18-17(12-21)22-6-7-23-18/h2-11,13H,1H3,(H,24,25,28)/t13-/m0/s1. The summed E-state index contributed by atoms with van der Waals surface area (Å²) in [6.07, 6.45) is 6.45. The molecule has 4 rings (SSSR count). The van der Waals surface area contributed by atoms with Crippen molar-refractivity contribution in [3.8, 4) is 28.6 Å². The summed E-state index contributed by atoms with van der Waals surface area (Å²) in [5.41, 5.74) is 3.12. The Morgan fingerprint density at radius 2 is 2.00 bits per heavy atom. The number of nitrogens with zero attached hydrogens (tertiary/aromatic N) is 6. The summed E-state index contributed by atoms with van der Waals surface area (Å²) in [5, 5.41) is 18.9. The molecule has 0 spiro atoms. The van der Waals surface area contributed by atoms with Crippen molar-refractivity contribution >= 4 is 22.4 Å². The van der Waals surface area contributed by atoms with E-state index in [4.69, 9.17) is 0 Å². The molecule has 0 aliphatic carbocycles. The molecule has 3 heterocycles. The largest absolute Gasteiger partial charge is 0.300 e. The quantitative estimate of drug-likeness (QED) is 0.548. The van der Waals surface area contributed by atoms with Gasteiger partial charge >= 0.3 is 0 Å². The van der Waals surface area contributed by atoms with Crippen molar-refractivity contribution in [2.45, 2.75) is 13.0 Å². The topological polar surface area (TPSA) is 109 Å². The zero-order valence-corrected chi connectivity index (χ0v) is 16.2. The highest BCUT2D eigenvalue weighted by molar-refractivity contribution is 7.13. The van der Waals surface area contributed by atoms with Crippen LogP contribution in [0.2, 0.25) is 0 Å². The number of hydrogen-bond donors (Lipinski definition) is 1. The number of rotatable bonds is 5. The first-order valence-corrected chi connectivity index (χ1v) is 9.61. The zero-order valence-electron chi connectivity index (χ0n) is 15.4. The molecular weight excluding hydrogens is 386 g/mol. The lowest BCUT2D eigenvalue weighted by molar-refractivity contribution is -0.119. The van der Waals surface area contributed by atoms with Crippen molar-refractivity contribution in [1.82, 2.24) is 24.7 Å². The van der Waals surface area contributed by atoms with Gasteiger partial charge < -0.3 is 5.32 Å². The van der Waals surface area contributed by atoms with Gasteiger partial charge in [-0.3, -0.25) is 14.5 Å². The highest BCUT2D eigenvalue weighted by atomic mass is 32.1. The third-order valence-corrected chi connectivity index (χ3v) is 4.97. The second-order valence-corrected chi connectivity index (χ2v) is 7.02. The molecule has 0 saturated heterocycles. The summed E-state index contributed by atoms with van der Waals surface area (Å²) in [5.74, 6) is -0.193. The number of nitrogens with one attached hydrogen (secondary N) is 1. The Labute approximate surface area is 170 Å². The van der Waals surface area contributed by atoms with Crippen LogP contribution in [0.15, 0.2) is 60.5 Å². The van der Waals surface area contributed by atoms with Crippen molar-refractivity contribution in [1.29, 1.82) is 5.26 Å². The maximum Gasteiger partial charge on any atom is 0.250 e. The number of thiazole rings is 1. The number of amides is 1. The van der Waals surface area contributed by atoms with E-state index < -0.39 is 6.04 Å². The number of carbonyl (C=O) groups excluding carboxylic acids is 1. The average Bonchev–Trinajstić information content (AvgIpc) is 3.45. The molecule has 142 valence electrons. The molecular formula is C20H15N7OS. The van der Waals surface area contributed by atoms with Crippen LogP contribution in [0.5, 0.6) is 0 Å². The summed E-state index contributed by atoms with van der Waals surface area (Å²) in [4.78, 5) is 24.8. The van der Waals surface area contributed by atoms with E-state index in [-0.39, 0.29) is 11.6 Å². The number of aromatic nitrogens is 5. The van der Waals surface area contributed by atoms with Crippen molar-refractivity contribution in [3.05, 3.63) is 66.2 Å². The van der Waals surface area contributed by atoms with Crippen LogP contribution in [0, 0.1) is 11.3 Å². The van der Waals surface area contributed by atoms with E-state index in [1.54, 1.807) is 35.6 Å². The lowest BCUT2D eigenvalue weighted by Crippen LogP contribution is -2.24. The predicted octanol–water partition coefficient (Wildman–Crippen LogP) is 3.53. The predicted molar refractivity (Wildman–Crippen MR) is 109 cm³/mol. The Hall–Kier alpha value is -3.90. The molecule has 0 aliphatic heterocycles. The van der Waals surface area contributed by atoms with E-state index in [1.165, 1.54) is 17.5 Å². The minimum Gasteiger partial charge on any atom is -0.300 e. The molecule has 0 fully saturated rings. The summed E-state index contributed by atoms with van der Waals surface area (Å²) in [6, 6.07) is 11.0. The molecule has 4 aromatic rings. The van der Waals surface area contributed by atoms with Gasteiger partial charge in [0, 0.05) is 41.3 Å². The van der Waals surface area contributed by atoms with Gasteiger partial charge in [0.05, 0.1) is 5.69 Å². The van der Waals surface area contributed by atoms with E-state index in [1.807, 2.05) is 30.3 Å². The highest BCUT2D eigenvalue weighted by Crippen LogP contribution is 2.26. The number of benzene rings is 1. The summed E-state index contributed by atoms with van der Waals surface area (Å²) < 4.78 is 1.61. The van der Waals surface area contributed by atoms with Crippen LogP contribution in [0.1, 0.15) is 18.7 Å². The molecule has 1 amide bonds. The van der Waals surface area contributed by atoms with E-state index in [2.05, 4.69) is 31.4 Å². The van der Waals surface area contributed by atoms with Gasteiger partial charge in [-0.25, -0.2) is 9.97 Å². The SMILES string of the molecule is C[C@@H](C(=O)Nc1nccs1)n1ccc(-c2cccc(-c3nccnc3C#N)c2)n1. The van der Waals surface area contributed by atoms with E-state index >= 15 is 0 Å². The Morgan fingerprint density at radius 3 is 2.79 bits per heavy atom. The van der Waals surface area contributed by atoms with Crippen LogP contribution >= 0.6 is 11.3 Å². The van der Waals surface area contributed by atoms with Gasteiger partial charge in [-0.2, -0.15) is 10.4 Å². The normalized spacial score (nSPS) is 11.6. The third-order valence-electron chi connectivity index (χ3n) is 4.28. The smallest absolute Gasteiger partial charge is 0.250 e. The Kier molecular flexibility index (Phi) is 5.09. The van der Waals surface area contributed by atoms with Crippen molar-refractivity contribution in [3.63, 3.8) is 0 Å². The zero-order chi connectivity index (χ0) is 20.2. The van der Waals surface area contributed by atoms with E-state index in [0.29, 0.717) is 16.5 Å². The highest BCUT2D eigenvalue weighted by Gasteiger charge is 2.18. The first-order chi connectivity index (χ1) is 14.2. The molecule has 0 bridgehead atoms. The van der Waals surface area contributed by atoms with Gasteiger partial charge in [0.1, 0.15) is 17.8 Å². The Morgan fingerprint density at radius 1 is 1.17 bits per heavy atom. The van der Waals surface area contributed by atoms with Crippen molar-refractivity contribution in [2.24, 2.45) is 0 Å². The molecule has 0 saturated carbocycles. The maximum atomic E-state index is 12.4. The summed E-state index contributed by atoms with van der Waals surface area (Å²) in [7, 11) is 0. The monoisotopic (exact) mass is 401 g/mol. The molecule has 29 heavy (non-hydrogen) atoms. The van der Waals surface area contributed by atoms with Crippen LogP contribution in [0.4, 0.5) is 5.13 Å².